The van der Waals surface area contributed by atoms with Crippen LogP contribution in [0.1, 0.15) is 40.0 Å². The van der Waals surface area contributed by atoms with E-state index >= 15 is 0 Å². The molecule has 1 fully saturated rings. The molecular weight excluding hydrogens is 373 g/mol. The number of ketones is 1. The number of hydroxylamine groups is 2. The van der Waals surface area contributed by atoms with Gasteiger partial charge in [0.05, 0.1) is 12.2 Å². The summed E-state index contributed by atoms with van der Waals surface area (Å²) >= 11 is 0. The van der Waals surface area contributed by atoms with E-state index in [4.69, 9.17) is 4.55 Å². The number of hydrogen-bond acceptors (Lipinski definition) is 7. The van der Waals surface area contributed by atoms with Crippen molar-refractivity contribution < 1.29 is 41.4 Å². The number of nitrogens with zero attached hydrogens (tertiary/aromatic N) is 1. The summed E-state index contributed by atoms with van der Waals surface area (Å²) in [5.74, 6) is -3.37. The van der Waals surface area contributed by atoms with Crippen molar-refractivity contribution in [2.24, 2.45) is 0 Å². The highest BCUT2D eigenvalue weighted by atomic mass is 32.2. The van der Waals surface area contributed by atoms with Gasteiger partial charge < -0.3 is 4.84 Å². The minimum Gasteiger partial charge on any atom is -0.325 e. The predicted molar refractivity (Wildman–Crippen MR) is 83.2 cm³/mol. The second-order valence-corrected chi connectivity index (χ2v) is 6.98. The monoisotopic (exact) mass is 387 g/mol. The first-order valence-corrected chi connectivity index (χ1v) is 8.90. The number of Topliss-reactive ketones (excluding diaryl/α,β-unsaturated/α-hetero) is 1. The van der Waals surface area contributed by atoms with Gasteiger partial charge in [-0.2, -0.15) is 8.42 Å². The highest BCUT2D eigenvalue weighted by Crippen LogP contribution is 2.17. The number of imide groups is 1. The molecule has 1 unspecified atom stereocenters. The fourth-order valence-electron chi connectivity index (χ4n) is 2.26. The summed E-state index contributed by atoms with van der Waals surface area (Å²) in [6.45, 7) is -1.13. The molecule has 1 aromatic carbocycles. The Morgan fingerprint density at radius 1 is 1.12 bits per heavy atom. The van der Waals surface area contributed by atoms with E-state index in [0.29, 0.717) is 5.06 Å². The van der Waals surface area contributed by atoms with Crippen LogP contribution in [0.2, 0.25) is 0 Å². The molecular formula is C15H14FNO8S. The lowest BCUT2D eigenvalue weighted by atomic mass is 10.0. The number of amides is 2. The van der Waals surface area contributed by atoms with Crippen LogP contribution in [-0.4, -0.2) is 53.5 Å². The van der Waals surface area contributed by atoms with E-state index in [2.05, 4.69) is 4.84 Å². The molecule has 0 bridgehead atoms. The number of hydrogen-bond donors (Lipinski definition) is 1. The summed E-state index contributed by atoms with van der Waals surface area (Å²) < 4.78 is 43.8. The van der Waals surface area contributed by atoms with Gasteiger partial charge in [0.25, 0.3) is 21.9 Å². The number of benzene rings is 1. The highest BCUT2D eigenvalue weighted by molar-refractivity contribution is 7.87. The van der Waals surface area contributed by atoms with Crippen LogP contribution in [0.25, 0.3) is 0 Å². The number of carbonyl (C=O) groups excluding carboxylic acids is 4. The molecule has 0 saturated carbocycles. The molecule has 1 heterocycles. The summed E-state index contributed by atoms with van der Waals surface area (Å²) in [5, 5.41) is -1.60. The molecule has 1 N–H and O–H groups in total. The van der Waals surface area contributed by atoms with Crippen molar-refractivity contribution in [3.63, 3.8) is 0 Å². The molecule has 1 aliphatic rings. The van der Waals surface area contributed by atoms with Crippen molar-refractivity contribution in [1.29, 1.82) is 0 Å². The molecule has 11 heteroatoms. The zero-order valence-corrected chi connectivity index (χ0v) is 14.1. The average Bonchev–Trinajstić information content (AvgIpc) is 2.90. The van der Waals surface area contributed by atoms with Crippen LogP contribution < -0.4 is 0 Å². The topological polar surface area (TPSA) is 135 Å². The molecule has 0 aliphatic carbocycles. The fraction of sp³-hybridized carbons (Fsp3) is 0.333. The van der Waals surface area contributed by atoms with Gasteiger partial charge >= 0.3 is 5.97 Å². The lowest BCUT2D eigenvalue weighted by Crippen LogP contribution is -2.32. The maximum Gasteiger partial charge on any atom is 0.363 e. The van der Waals surface area contributed by atoms with E-state index in [9.17, 15) is 32.0 Å². The molecule has 2 rings (SSSR count). The van der Waals surface area contributed by atoms with Crippen LogP contribution in [0, 0.1) is 0 Å². The molecule has 1 aromatic rings. The van der Waals surface area contributed by atoms with E-state index < -0.39 is 52.0 Å². The Morgan fingerprint density at radius 2 is 1.62 bits per heavy atom. The molecule has 0 radical (unpaired) electrons. The van der Waals surface area contributed by atoms with E-state index in [0.717, 1.165) is 24.3 Å². The third-order valence-electron chi connectivity index (χ3n) is 3.61. The zero-order chi connectivity index (χ0) is 19.5. The summed E-state index contributed by atoms with van der Waals surface area (Å²) in [5.41, 5.74) is -0.283. The number of halogens is 1. The van der Waals surface area contributed by atoms with Crippen molar-refractivity contribution in [3.8, 4) is 0 Å². The van der Waals surface area contributed by atoms with Gasteiger partial charge in [0.1, 0.15) is 0 Å². The number of rotatable bonds is 7. The third-order valence-corrected chi connectivity index (χ3v) is 4.78. The number of alkyl halides is 1. The van der Waals surface area contributed by atoms with Gasteiger partial charge in [-0.3, -0.25) is 23.3 Å². The van der Waals surface area contributed by atoms with Gasteiger partial charge in [-0.25, -0.2) is 4.79 Å². The first-order valence-electron chi connectivity index (χ1n) is 7.39. The third kappa shape index (κ3) is 4.29. The second kappa shape index (κ2) is 7.70. The second-order valence-electron chi connectivity index (χ2n) is 5.38. The smallest absolute Gasteiger partial charge is 0.325 e. The molecule has 1 aliphatic heterocycles. The molecule has 1 atom stereocenters. The van der Waals surface area contributed by atoms with Gasteiger partial charge in [-0.15, -0.1) is 5.06 Å². The largest absolute Gasteiger partial charge is 0.363 e. The van der Waals surface area contributed by atoms with Crippen molar-refractivity contribution in [2.45, 2.75) is 24.5 Å². The quantitative estimate of drug-likeness (QED) is 0.410. The van der Waals surface area contributed by atoms with Crippen LogP contribution in [0.4, 0.5) is 4.39 Å². The van der Waals surface area contributed by atoms with E-state index in [1.54, 1.807) is 0 Å². The van der Waals surface area contributed by atoms with Crippen molar-refractivity contribution in [3.05, 3.63) is 35.4 Å². The molecule has 2 amide bonds. The Bertz CT molecular complexity index is 833. The predicted octanol–water partition coefficient (Wildman–Crippen LogP) is 0.706. The first-order chi connectivity index (χ1) is 12.1. The number of carbonyl (C=O) groups is 4. The first kappa shape index (κ1) is 19.7. The molecule has 140 valence electrons. The van der Waals surface area contributed by atoms with E-state index in [1.807, 2.05) is 0 Å². The summed E-state index contributed by atoms with van der Waals surface area (Å²) in [6.07, 6.45) is -0.836. The van der Waals surface area contributed by atoms with Crippen LogP contribution in [-0.2, 0) is 24.5 Å². The zero-order valence-electron chi connectivity index (χ0n) is 13.3. The average molecular weight is 387 g/mol. The standard InChI is InChI=1S/C15H14FNO8S/c16-8-7-11(26(22,23)24)14(20)9-1-3-10(4-2-9)15(21)25-17-12(18)5-6-13(17)19/h1-4,11H,5-8H2,(H,22,23,24). The Kier molecular flexibility index (Phi) is 5.83. The van der Waals surface area contributed by atoms with Gasteiger partial charge in [0, 0.05) is 24.8 Å². The van der Waals surface area contributed by atoms with E-state index in [-0.39, 0.29) is 24.0 Å². The van der Waals surface area contributed by atoms with Gasteiger partial charge in [-0.1, -0.05) is 12.1 Å². The van der Waals surface area contributed by atoms with Crippen molar-refractivity contribution in [1.82, 2.24) is 5.06 Å². The van der Waals surface area contributed by atoms with Gasteiger partial charge in [0.2, 0.25) is 0 Å². The van der Waals surface area contributed by atoms with Crippen LogP contribution in [0.5, 0.6) is 0 Å². The summed E-state index contributed by atoms with van der Waals surface area (Å²) in [7, 11) is -4.79. The summed E-state index contributed by atoms with van der Waals surface area (Å²) in [4.78, 5) is 51.5. The lowest BCUT2D eigenvalue weighted by Gasteiger charge is -2.13. The van der Waals surface area contributed by atoms with Crippen LogP contribution >= 0.6 is 0 Å². The molecule has 1 saturated heterocycles. The highest BCUT2D eigenvalue weighted by Gasteiger charge is 2.34. The minimum absolute atomic E-state index is 0.0643. The Balaban J connectivity index is 2.14. The Hall–Kier alpha value is -2.66. The molecule has 0 aromatic heterocycles. The summed E-state index contributed by atoms with van der Waals surface area (Å²) in [6, 6.07) is 4.39. The van der Waals surface area contributed by atoms with Crippen molar-refractivity contribution >= 4 is 33.7 Å². The Morgan fingerprint density at radius 3 is 2.08 bits per heavy atom. The molecule has 26 heavy (non-hydrogen) atoms. The van der Waals surface area contributed by atoms with Crippen LogP contribution in [0.3, 0.4) is 0 Å². The minimum atomic E-state index is -4.79. The molecule has 9 nitrogen and oxygen atoms in total. The van der Waals surface area contributed by atoms with Gasteiger partial charge in [0.15, 0.2) is 11.0 Å². The van der Waals surface area contributed by atoms with Gasteiger partial charge in [-0.05, 0) is 12.1 Å². The maximum atomic E-state index is 12.4. The van der Waals surface area contributed by atoms with E-state index in [1.165, 1.54) is 0 Å². The van der Waals surface area contributed by atoms with Crippen LogP contribution in [0.15, 0.2) is 24.3 Å². The molecule has 0 spiro atoms. The normalized spacial score (nSPS) is 15.8. The fourth-order valence-corrected chi connectivity index (χ4v) is 3.06. The Labute approximate surface area is 147 Å². The SMILES string of the molecule is O=C(ON1C(=O)CCC1=O)c1ccc(C(=O)C(CCF)S(=O)(=O)O)cc1. The lowest BCUT2D eigenvalue weighted by molar-refractivity contribution is -0.172. The van der Waals surface area contributed by atoms with Crippen molar-refractivity contribution in [2.75, 3.05) is 6.67 Å². The maximum absolute atomic E-state index is 12.4.